The second-order valence-corrected chi connectivity index (χ2v) is 8.64. The van der Waals surface area contributed by atoms with Crippen molar-refractivity contribution in [1.82, 2.24) is 15.2 Å². The Bertz CT molecular complexity index is 1090. The van der Waals surface area contributed by atoms with Crippen LogP contribution < -0.4 is 10.6 Å². The van der Waals surface area contributed by atoms with Crippen LogP contribution in [0.5, 0.6) is 0 Å². The molecule has 11 heteroatoms. The summed E-state index contributed by atoms with van der Waals surface area (Å²) in [5, 5.41) is 15.2. The molecule has 0 bridgehead atoms. The van der Waals surface area contributed by atoms with Gasteiger partial charge in [0.05, 0.1) is 27.4 Å². The minimum Gasteiger partial charge on any atom is -0.447 e. The molecular formula is C22H23ClFN4O4S. The lowest BCUT2D eigenvalue weighted by Crippen LogP contribution is -2.47. The van der Waals surface area contributed by atoms with Gasteiger partial charge < -0.3 is 20.1 Å². The number of ether oxygens (including phenoxy) is 1. The molecule has 0 aliphatic rings. The van der Waals surface area contributed by atoms with E-state index in [4.69, 9.17) is 16.3 Å². The molecule has 0 saturated carbocycles. The molecule has 1 aromatic heterocycles. The number of thiazole rings is 1. The number of aliphatic hydroxyl groups excluding tert-OH is 1. The standard InChI is InChI=1S/C22H23ClFN4O4S/c1-13(29)10-15(28(2)21(30)25-11-14-6-5-7-16(24)19(14)23)12-32-22(31)27-20-26-17-8-3-4-9-18(17)33-20/h3-9,13,15,29H,1,10-12H2,2H3,(H,25,30)(H,26,27,31)/t13-,15+/m1/s1. The van der Waals surface area contributed by atoms with Gasteiger partial charge in [-0.15, -0.1) is 0 Å². The summed E-state index contributed by atoms with van der Waals surface area (Å²) >= 11 is 7.22. The molecule has 175 valence electrons. The Kier molecular flexibility index (Phi) is 8.43. The van der Waals surface area contributed by atoms with Gasteiger partial charge in [0, 0.05) is 13.6 Å². The molecule has 3 N–H and O–H groups in total. The topological polar surface area (TPSA) is 104 Å². The molecule has 0 fully saturated rings. The van der Waals surface area contributed by atoms with Gasteiger partial charge in [-0.2, -0.15) is 0 Å². The molecule has 0 unspecified atom stereocenters. The zero-order chi connectivity index (χ0) is 24.0. The van der Waals surface area contributed by atoms with Gasteiger partial charge in [-0.3, -0.25) is 5.32 Å². The molecule has 1 heterocycles. The fourth-order valence-corrected chi connectivity index (χ4v) is 4.06. The first kappa shape index (κ1) is 24.7. The maximum Gasteiger partial charge on any atom is 0.413 e. The number of likely N-dealkylation sites (N-methyl/N-ethyl adjacent to an activating group) is 1. The molecule has 1 radical (unpaired) electrons. The van der Waals surface area contributed by atoms with Crippen molar-refractivity contribution in [2.24, 2.45) is 0 Å². The highest BCUT2D eigenvalue weighted by atomic mass is 35.5. The first-order valence-corrected chi connectivity index (χ1v) is 11.2. The van der Waals surface area contributed by atoms with E-state index in [0.717, 1.165) is 10.2 Å². The molecule has 2 aromatic carbocycles. The van der Waals surface area contributed by atoms with Crippen LogP contribution in [-0.2, 0) is 11.3 Å². The Balaban J connectivity index is 1.56. The minimum absolute atomic E-state index is 0.00162. The number of benzene rings is 2. The number of rotatable bonds is 8. The lowest BCUT2D eigenvalue weighted by molar-refractivity contribution is 0.0913. The van der Waals surface area contributed by atoms with Gasteiger partial charge in [0.25, 0.3) is 0 Å². The van der Waals surface area contributed by atoms with Crippen molar-refractivity contribution >= 4 is 50.4 Å². The van der Waals surface area contributed by atoms with Gasteiger partial charge in [0.2, 0.25) is 0 Å². The van der Waals surface area contributed by atoms with Crippen molar-refractivity contribution in [3.05, 3.63) is 65.8 Å². The largest absolute Gasteiger partial charge is 0.447 e. The number of nitrogens with one attached hydrogen (secondary N) is 2. The van der Waals surface area contributed by atoms with E-state index in [1.54, 1.807) is 6.07 Å². The van der Waals surface area contributed by atoms with Gasteiger partial charge in [0.1, 0.15) is 12.4 Å². The summed E-state index contributed by atoms with van der Waals surface area (Å²) in [6.45, 7) is 3.34. The first-order valence-electron chi connectivity index (χ1n) is 9.98. The summed E-state index contributed by atoms with van der Waals surface area (Å²) in [5.41, 5.74) is 1.17. The fraction of sp³-hybridized carbons (Fsp3) is 0.273. The van der Waals surface area contributed by atoms with Crippen molar-refractivity contribution in [3.63, 3.8) is 0 Å². The van der Waals surface area contributed by atoms with E-state index in [9.17, 15) is 19.1 Å². The molecule has 0 aliphatic carbocycles. The van der Waals surface area contributed by atoms with Crippen LogP contribution in [0, 0.1) is 12.7 Å². The summed E-state index contributed by atoms with van der Waals surface area (Å²) in [5.74, 6) is -0.581. The molecule has 0 aliphatic heterocycles. The van der Waals surface area contributed by atoms with Gasteiger partial charge in [-0.05, 0) is 37.1 Å². The third kappa shape index (κ3) is 6.77. The number of aromatic nitrogens is 1. The van der Waals surface area contributed by atoms with Crippen LogP contribution in [-0.4, -0.2) is 52.9 Å². The average Bonchev–Trinajstić information content (AvgIpc) is 3.18. The van der Waals surface area contributed by atoms with Crippen molar-refractivity contribution < 1.29 is 23.8 Å². The number of carbonyl (C=O) groups excluding carboxylic acids is 2. The number of urea groups is 1. The van der Waals surface area contributed by atoms with E-state index in [-0.39, 0.29) is 24.6 Å². The smallest absolute Gasteiger partial charge is 0.413 e. The highest BCUT2D eigenvalue weighted by Gasteiger charge is 2.24. The van der Waals surface area contributed by atoms with E-state index < -0.39 is 30.1 Å². The zero-order valence-electron chi connectivity index (χ0n) is 17.8. The normalized spacial score (nSPS) is 12.8. The van der Waals surface area contributed by atoms with Gasteiger partial charge in [-0.25, -0.2) is 19.0 Å². The van der Waals surface area contributed by atoms with Crippen molar-refractivity contribution in [2.75, 3.05) is 19.0 Å². The number of anilines is 1. The summed E-state index contributed by atoms with van der Waals surface area (Å²) in [6.07, 6.45) is -1.66. The van der Waals surface area contributed by atoms with E-state index in [2.05, 4.69) is 22.5 Å². The van der Waals surface area contributed by atoms with E-state index >= 15 is 0 Å². The van der Waals surface area contributed by atoms with Crippen molar-refractivity contribution in [1.29, 1.82) is 0 Å². The third-order valence-electron chi connectivity index (χ3n) is 4.78. The number of hydrogen-bond acceptors (Lipinski definition) is 6. The molecule has 8 nitrogen and oxygen atoms in total. The van der Waals surface area contributed by atoms with Crippen LogP contribution >= 0.6 is 22.9 Å². The number of amides is 3. The summed E-state index contributed by atoms with van der Waals surface area (Å²) in [6, 6.07) is 10.6. The maximum atomic E-state index is 13.6. The predicted molar refractivity (Wildman–Crippen MR) is 126 cm³/mol. The second-order valence-electron chi connectivity index (χ2n) is 7.24. The number of fused-ring (bicyclic) bond motifs is 1. The summed E-state index contributed by atoms with van der Waals surface area (Å²) in [4.78, 5) is 30.4. The quantitative estimate of drug-likeness (QED) is 0.430. The lowest BCUT2D eigenvalue weighted by Gasteiger charge is -2.29. The first-order chi connectivity index (χ1) is 15.7. The van der Waals surface area contributed by atoms with E-state index in [1.807, 2.05) is 24.3 Å². The Morgan fingerprint density at radius 1 is 1.30 bits per heavy atom. The molecular weight excluding hydrogens is 471 g/mol. The fourth-order valence-electron chi connectivity index (χ4n) is 3.02. The number of hydrogen-bond donors (Lipinski definition) is 3. The van der Waals surface area contributed by atoms with Crippen LogP contribution in [0.25, 0.3) is 10.2 Å². The second kappa shape index (κ2) is 11.3. The van der Waals surface area contributed by atoms with Crippen LogP contribution in [0.2, 0.25) is 5.02 Å². The Hall–Kier alpha value is -2.95. The molecule has 33 heavy (non-hydrogen) atoms. The molecule has 2 atom stereocenters. The van der Waals surface area contributed by atoms with E-state index in [1.165, 1.54) is 35.4 Å². The number of carbonyl (C=O) groups is 2. The summed E-state index contributed by atoms with van der Waals surface area (Å²) < 4.78 is 19.8. The van der Waals surface area contributed by atoms with Gasteiger partial charge >= 0.3 is 12.1 Å². The Morgan fingerprint density at radius 2 is 2.06 bits per heavy atom. The monoisotopic (exact) mass is 493 g/mol. The Labute approximate surface area is 199 Å². The lowest BCUT2D eigenvalue weighted by atomic mass is 10.1. The highest BCUT2D eigenvalue weighted by molar-refractivity contribution is 7.22. The SMILES string of the molecule is [CH2][C@@H](O)C[C@@H](COC(=O)Nc1nc2ccccc2s1)N(C)C(=O)NCc1cccc(F)c1Cl. The highest BCUT2D eigenvalue weighted by Crippen LogP contribution is 2.25. The van der Waals surface area contributed by atoms with Crippen LogP contribution in [0.1, 0.15) is 12.0 Å². The van der Waals surface area contributed by atoms with Gasteiger partial charge in [-0.1, -0.05) is 47.2 Å². The average molecular weight is 494 g/mol. The van der Waals surface area contributed by atoms with Crippen LogP contribution in [0.15, 0.2) is 42.5 Å². The van der Waals surface area contributed by atoms with Crippen LogP contribution in [0.4, 0.5) is 19.1 Å². The molecule has 3 aromatic rings. The van der Waals surface area contributed by atoms with Crippen molar-refractivity contribution in [3.8, 4) is 0 Å². The zero-order valence-corrected chi connectivity index (χ0v) is 19.3. The molecule has 0 saturated heterocycles. The minimum atomic E-state index is -0.987. The summed E-state index contributed by atoms with van der Waals surface area (Å²) in [7, 11) is 1.49. The molecule has 0 spiro atoms. The Morgan fingerprint density at radius 3 is 2.79 bits per heavy atom. The van der Waals surface area contributed by atoms with Crippen molar-refractivity contribution in [2.45, 2.75) is 25.1 Å². The van der Waals surface area contributed by atoms with Crippen LogP contribution in [0.3, 0.4) is 0 Å². The van der Waals surface area contributed by atoms with Gasteiger partial charge in [0.15, 0.2) is 5.13 Å². The number of para-hydroxylation sites is 1. The third-order valence-corrected chi connectivity index (χ3v) is 6.16. The molecule has 3 rings (SSSR count). The number of aliphatic hydroxyl groups is 1. The maximum absolute atomic E-state index is 13.6. The number of nitrogens with zero attached hydrogens (tertiary/aromatic N) is 2. The predicted octanol–water partition coefficient (Wildman–Crippen LogP) is 4.43. The number of halogens is 2. The van der Waals surface area contributed by atoms with E-state index in [0.29, 0.717) is 10.7 Å². The molecule has 3 amide bonds.